The highest BCUT2D eigenvalue weighted by atomic mass is 19.1. The number of ether oxygens (including phenoxy) is 1. The maximum atomic E-state index is 13.2. The Kier molecular flexibility index (Phi) is 6.93. The molecule has 1 heterocycles. The van der Waals surface area contributed by atoms with Crippen LogP contribution >= 0.6 is 0 Å². The van der Waals surface area contributed by atoms with Crippen LogP contribution < -0.4 is 10.6 Å². The van der Waals surface area contributed by atoms with E-state index in [1.165, 1.54) is 25.3 Å². The van der Waals surface area contributed by atoms with Crippen molar-refractivity contribution in [2.45, 2.75) is 39.8 Å². The van der Waals surface area contributed by atoms with Gasteiger partial charge in [0.15, 0.2) is 0 Å². The van der Waals surface area contributed by atoms with Crippen molar-refractivity contribution < 1.29 is 13.9 Å². The highest BCUT2D eigenvalue weighted by Crippen LogP contribution is 2.26. The van der Waals surface area contributed by atoms with E-state index in [9.17, 15) is 9.18 Å². The van der Waals surface area contributed by atoms with Crippen LogP contribution in [0, 0.1) is 5.82 Å². The van der Waals surface area contributed by atoms with Crippen LogP contribution in [0.5, 0.6) is 0 Å². The Morgan fingerprint density at radius 2 is 1.96 bits per heavy atom. The Morgan fingerprint density at radius 1 is 1.30 bits per heavy atom. The van der Waals surface area contributed by atoms with E-state index in [0.717, 1.165) is 11.1 Å². The molecule has 2 aromatic rings. The molecule has 1 aromatic heterocycles. The summed E-state index contributed by atoms with van der Waals surface area (Å²) in [4.78, 5) is 18.4. The van der Waals surface area contributed by atoms with E-state index < -0.39 is 5.97 Å². The number of nitrogens with zero attached hydrogens (tertiary/aromatic N) is 2. The van der Waals surface area contributed by atoms with E-state index in [1.54, 1.807) is 24.3 Å². The highest BCUT2D eigenvalue weighted by Gasteiger charge is 2.16. The number of allylic oxidation sites excluding steroid dienone is 1. The van der Waals surface area contributed by atoms with Gasteiger partial charge in [-0.2, -0.15) is 0 Å². The smallest absolute Gasteiger partial charge is 0.330 e. The molecule has 0 atom stereocenters. The molecule has 6 heteroatoms. The molecular formula is C21H26FN3O2. The minimum absolute atomic E-state index is 0.145. The second kappa shape index (κ2) is 9.16. The number of hydrogen-bond acceptors (Lipinski definition) is 5. The van der Waals surface area contributed by atoms with E-state index in [-0.39, 0.29) is 11.9 Å². The minimum Gasteiger partial charge on any atom is -0.466 e. The summed E-state index contributed by atoms with van der Waals surface area (Å²) in [6, 6.07) is 10.1. The van der Waals surface area contributed by atoms with Crippen LogP contribution in [0.15, 0.2) is 42.5 Å². The number of esters is 1. The summed E-state index contributed by atoms with van der Waals surface area (Å²) in [5, 5.41) is 0. The SMILES string of the molecule is CC/C(=C/C(=O)OC)c1cc(N)cc(N(Cc2ccc(F)cc2)C(C)C)n1. The van der Waals surface area contributed by atoms with E-state index >= 15 is 0 Å². The van der Waals surface area contributed by atoms with Crippen LogP contribution in [-0.2, 0) is 16.1 Å². The first-order valence-corrected chi connectivity index (χ1v) is 8.91. The maximum absolute atomic E-state index is 13.2. The number of nitrogens with two attached hydrogens (primary N) is 1. The molecule has 0 radical (unpaired) electrons. The van der Waals surface area contributed by atoms with Crippen molar-refractivity contribution in [2.24, 2.45) is 0 Å². The van der Waals surface area contributed by atoms with Gasteiger partial charge in [-0.3, -0.25) is 0 Å². The molecule has 0 unspecified atom stereocenters. The molecule has 2 N–H and O–H groups in total. The van der Waals surface area contributed by atoms with E-state index in [0.29, 0.717) is 30.2 Å². The lowest BCUT2D eigenvalue weighted by atomic mass is 10.1. The molecule has 0 aliphatic carbocycles. The number of benzene rings is 1. The van der Waals surface area contributed by atoms with Crippen molar-refractivity contribution in [3.8, 4) is 0 Å². The monoisotopic (exact) mass is 371 g/mol. The zero-order valence-corrected chi connectivity index (χ0v) is 16.2. The summed E-state index contributed by atoms with van der Waals surface area (Å²) in [5.74, 6) is 0.0120. The lowest BCUT2D eigenvalue weighted by Gasteiger charge is -2.29. The topological polar surface area (TPSA) is 68.5 Å². The number of hydrogen-bond donors (Lipinski definition) is 1. The number of pyridine rings is 1. The lowest BCUT2D eigenvalue weighted by molar-refractivity contribution is -0.134. The summed E-state index contributed by atoms with van der Waals surface area (Å²) < 4.78 is 17.9. The van der Waals surface area contributed by atoms with Gasteiger partial charge in [0.2, 0.25) is 0 Å². The van der Waals surface area contributed by atoms with Gasteiger partial charge in [-0.15, -0.1) is 0 Å². The molecule has 0 spiro atoms. The van der Waals surface area contributed by atoms with Gasteiger partial charge in [0.05, 0.1) is 12.8 Å². The van der Waals surface area contributed by atoms with Crippen LogP contribution in [0.4, 0.5) is 15.9 Å². The molecule has 5 nitrogen and oxygen atoms in total. The van der Waals surface area contributed by atoms with Gasteiger partial charge in [0, 0.05) is 30.4 Å². The summed E-state index contributed by atoms with van der Waals surface area (Å²) in [6.45, 7) is 6.62. The Balaban J connectivity index is 2.41. The number of methoxy groups -OCH3 is 1. The fourth-order valence-electron chi connectivity index (χ4n) is 2.72. The van der Waals surface area contributed by atoms with Crippen molar-refractivity contribution >= 4 is 23.0 Å². The molecule has 0 aliphatic rings. The van der Waals surface area contributed by atoms with Crippen molar-refractivity contribution in [2.75, 3.05) is 17.7 Å². The van der Waals surface area contributed by atoms with Gasteiger partial charge in [0.1, 0.15) is 11.6 Å². The minimum atomic E-state index is -0.426. The Morgan fingerprint density at radius 3 is 2.52 bits per heavy atom. The average molecular weight is 371 g/mol. The number of carbonyl (C=O) groups excluding carboxylic acids is 1. The van der Waals surface area contributed by atoms with E-state index in [2.05, 4.69) is 18.7 Å². The molecule has 0 fully saturated rings. The van der Waals surface area contributed by atoms with Crippen molar-refractivity contribution in [3.63, 3.8) is 0 Å². The number of rotatable bonds is 7. The summed E-state index contributed by atoms with van der Waals surface area (Å²) in [5.41, 5.74) is 9.03. The van der Waals surface area contributed by atoms with Gasteiger partial charge in [-0.1, -0.05) is 19.1 Å². The van der Waals surface area contributed by atoms with Crippen molar-refractivity contribution in [1.82, 2.24) is 4.98 Å². The first-order chi connectivity index (χ1) is 12.8. The Hall–Kier alpha value is -2.89. The zero-order chi connectivity index (χ0) is 20.0. The summed E-state index contributed by atoms with van der Waals surface area (Å²) >= 11 is 0. The third-order valence-corrected chi connectivity index (χ3v) is 4.22. The second-order valence-electron chi connectivity index (χ2n) is 6.54. The van der Waals surface area contributed by atoms with Gasteiger partial charge in [0.25, 0.3) is 0 Å². The number of aromatic nitrogens is 1. The van der Waals surface area contributed by atoms with Crippen molar-refractivity contribution in [1.29, 1.82) is 0 Å². The molecular weight excluding hydrogens is 345 g/mol. The van der Waals surface area contributed by atoms with Crippen LogP contribution in [0.25, 0.3) is 5.57 Å². The molecule has 0 saturated heterocycles. The molecule has 144 valence electrons. The Labute approximate surface area is 159 Å². The van der Waals surface area contributed by atoms with Crippen LogP contribution in [0.1, 0.15) is 38.4 Å². The Bertz CT molecular complexity index is 817. The predicted molar refractivity (Wildman–Crippen MR) is 107 cm³/mol. The molecule has 1 aromatic carbocycles. The normalized spacial score (nSPS) is 11.6. The number of nitrogen functional groups attached to an aromatic ring is 1. The molecule has 0 aliphatic heterocycles. The average Bonchev–Trinajstić information content (AvgIpc) is 2.64. The number of anilines is 2. The first kappa shape index (κ1) is 20.4. The van der Waals surface area contributed by atoms with Crippen molar-refractivity contribution in [3.05, 3.63) is 59.5 Å². The molecule has 27 heavy (non-hydrogen) atoms. The first-order valence-electron chi connectivity index (χ1n) is 8.91. The number of carbonyl (C=O) groups is 1. The highest BCUT2D eigenvalue weighted by molar-refractivity contribution is 5.91. The van der Waals surface area contributed by atoms with Gasteiger partial charge in [-0.05, 0) is 49.6 Å². The third-order valence-electron chi connectivity index (χ3n) is 4.22. The van der Waals surface area contributed by atoms with Gasteiger partial charge < -0.3 is 15.4 Å². The third kappa shape index (κ3) is 5.54. The molecule has 0 amide bonds. The summed E-state index contributed by atoms with van der Waals surface area (Å²) in [6.07, 6.45) is 2.05. The fourth-order valence-corrected chi connectivity index (χ4v) is 2.72. The van der Waals surface area contributed by atoms with E-state index in [4.69, 9.17) is 15.5 Å². The van der Waals surface area contributed by atoms with Gasteiger partial charge in [-0.25, -0.2) is 14.2 Å². The molecule has 0 saturated carbocycles. The molecule has 0 bridgehead atoms. The fraction of sp³-hybridized carbons (Fsp3) is 0.333. The predicted octanol–water partition coefficient (Wildman–Crippen LogP) is 4.18. The number of halogens is 1. The van der Waals surface area contributed by atoms with Crippen LogP contribution in [0.3, 0.4) is 0 Å². The lowest BCUT2D eigenvalue weighted by Crippen LogP contribution is -2.31. The maximum Gasteiger partial charge on any atom is 0.330 e. The summed E-state index contributed by atoms with van der Waals surface area (Å²) in [7, 11) is 1.34. The largest absolute Gasteiger partial charge is 0.466 e. The standard InChI is InChI=1S/C21H26FN3O2/c1-5-16(10-21(26)27-4)19-11-18(23)12-20(24-19)25(14(2)3)13-15-6-8-17(22)9-7-15/h6-12,14H,5,13H2,1-4H3,(H2,23,24)/b16-10-. The molecule has 2 rings (SSSR count). The van der Waals surface area contributed by atoms with Gasteiger partial charge >= 0.3 is 5.97 Å². The zero-order valence-electron chi connectivity index (χ0n) is 16.2. The second-order valence-corrected chi connectivity index (χ2v) is 6.54. The van der Waals surface area contributed by atoms with Crippen LogP contribution in [-0.4, -0.2) is 24.1 Å². The van der Waals surface area contributed by atoms with Crippen LogP contribution in [0.2, 0.25) is 0 Å². The van der Waals surface area contributed by atoms with E-state index in [1.807, 2.05) is 6.92 Å². The quantitative estimate of drug-likeness (QED) is 0.584.